The number of unbranched alkanes of at least 4 members (excludes halogenated alkanes) is 1. The topological polar surface area (TPSA) is 32.3 Å². The molecule has 1 heterocycles. The Morgan fingerprint density at radius 1 is 1.25 bits per heavy atom. The lowest BCUT2D eigenvalue weighted by Gasteiger charge is -2.29. The van der Waals surface area contributed by atoms with Crippen LogP contribution in [0.4, 0.5) is 0 Å². The average Bonchev–Trinajstić information content (AvgIpc) is 3.15. The molecule has 0 aromatic carbocycles. The van der Waals surface area contributed by atoms with Gasteiger partial charge in [-0.15, -0.1) is 0 Å². The number of carbonyl (C=O) groups excluding carboxylic acids is 1. The predicted octanol–water partition coefficient (Wildman–Crippen LogP) is 1.78. The molecule has 0 aromatic heterocycles. The first kappa shape index (κ1) is 11.9. The van der Waals surface area contributed by atoms with Crippen LogP contribution in [0.2, 0.25) is 0 Å². The molecule has 1 aliphatic carbocycles. The number of hydrogen-bond donors (Lipinski definition) is 1. The summed E-state index contributed by atoms with van der Waals surface area (Å²) in [6, 6.07) is 0.592. The highest BCUT2D eigenvalue weighted by Gasteiger charge is 2.35. The van der Waals surface area contributed by atoms with E-state index < -0.39 is 0 Å². The van der Waals surface area contributed by atoms with Gasteiger partial charge in [-0.1, -0.05) is 13.3 Å². The molecule has 2 aliphatic rings. The molecule has 1 amide bonds. The molecule has 0 atom stereocenters. The summed E-state index contributed by atoms with van der Waals surface area (Å²) in [6.45, 7) is 5.22. The largest absolute Gasteiger partial charge is 0.339 e. The van der Waals surface area contributed by atoms with E-state index in [0.29, 0.717) is 17.9 Å². The Morgan fingerprint density at radius 3 is 2.50 bits per heavy atom. The fourth-order valence-corrected chi connectivity index (χ4v) is 2.49. The number of carbonyl (C=O) groups is 1. The van der Waals surface area contributed by atoms with Crippen LogP contribution in [0.25, 0.3) is 0 Å². The van der Waals surface area contributed by atoms with Crippen molar-refractivity contribution in [3.8, 4) is 0 Å². The zero-order chi connectivity index (χ0) is 11.4. The Morgan fingerprint density at radius 2 is 1.94 bits per heavy atom. The highest BCUT2D eigenvalue weighted by molar-refractivity contribution is 5.79. The van der Waals surface area contributed by atoms with Crippen molar-refractivity contribution in [3.05, 3.63) is 0 Å². The van der Waals surface area contributed by atoms with Gasteiger partial charge in [-0.25, -0.2) is 0 Å². The monoisotopic (exact) mass is 224 g/mol. The van der Waals surface area contributed by atoms with Crippen molar-refractivity contribution in [1.29, 1.82) is 0 Å². The van der Waals surface area contributed by atoms with E-state index in [0.717, 1.165) is 38.9 Å². The van der Waals surface area contributed by atoms with Gasteiger partial charge in [0.15, 0.2) is 0 Å². The average molecular weight is 224 g/mol. The molecule has 0 spiro atoms. The molecule has 92 valence electrons. The van der Waals surface area contributed by atoms with Crippen LogP contribution < -0.4 is 5.32 Å². The van der Waals surface area contributed by atoms with Crippen LogP contribution in [0.3, 0.4) is 0 Å². The minimum Gasteiger partial charge on any atom is -0.339 e. The van der Waals surface area contributed by atoms with E-state index >= 15 is 0 Å². The minimum absolute atomic E-state index is 0.304. The summed E-state index contributed by atoms with van der Waals surface area (Å²) in [6.07, 6.45) is 6.89. The first-order valence-electron chi connectivity index (χ1n) is 6.84. The van der Waals surface area contributed by atoms with E-state index in [2.05, 4.69) is 17.1 Å². The van der Waals surface area contributed by atoms with Crippen LogP contribution in [0.1, 0.15) is 45.4 Å². The van der Waals surface area contributed by atoms with Crippen LogP contribution in [0, 0.1) is 5.92 Å². The SMILES string of the molecule is CCCCN(C(=O)C1CCNCC1)C1CC1. The third-order valence-corrected chi connectivity index (χ3v) is 3.71. The van der Waals surface area contributed by atoms with Gasteiger partial charge in [0.1, 0.15) is 0 Å². The van der Waals surface area contributed by atoms with Crippen molar-refractivity contribution in [3.63, 3.8) is 0 Å². The van der Waals surface area contributed by atoms with E-state index in [-0.39, 0.29) is 0 Å². The second kappa shape index (κ2) is 5.67. The van der Waals surface area contributed by atoms with Crippen molar-refractivity contribution in [2.75, 3.05) is 19.6 Å². The van der Waals surface area contributed by atoms with Crippen LogP contribution in [-0.4, -0.2) is 36.5 Å². The third-order valence-electron chi connectivity index (χ3n) is 3.71. The second-order valence-corrected chi connectivity index (χ2v) is 5.14. The Balaban J connectivity index is 1.87. The normalized spacial score (nSPS) is 22.1. The van der Waals surface area contributed by atoms with Gasteiger partial charge in [0.05, 0.1) is 0 Å². The molecule has 3 nitrogen and oxygen atoms in total. The number of amides is 1. The Bertz CT molecular complexity index is 232. The van der Waals surface area contributed by atoms with Crippen molar-refractivity contribution < 1.29 is 4.79 Å². The highest BCUT2D eigenvalue weighted by Crippen LogP contribution is 2.29. The maximum Gasteiger partial charge on any atom is 0.226 e. The molecular weight excluding hydrogens is 200 g/mol. The van der Waals surface area contributed by atoms with Crippen molar-refractivity contribution >= 4 is 5.91 Å². The van der Waals surface area contributed by atoms with Crippen molar-refractivity contribution in [2.45, 2.75) is 51.5 Å². The molecule has 1 aliphatic heterocycles. The molecule has 2 rings (SSSR count). The lowest BCUT2D eigenvalue weighted by molar-refractivity contribution is -0.137. The maximum atomic E-state index is 12.4. The lowest BCUT2D eigenvalue weighted by atomic mass is 9.96. The number of nitrogens with one attached hydrogen (secondary N) is 1. The summed E-state index contributed by atoms with van der Waals surface area (Å²) in [5, 5.41) is 3.33. The maximum absolute atomic E-state index is 12.4. The summed E-state index contributed by atoms with van der Waals surface area (Å²) in [4.78, 5) is 14.6. The van der Waals surface area contributed by atoms with Crippen LogP contribution in [-0.2, 0) is 4.79 Å². The molecule has 1 N–H and O–H groups in total. The lowest BCUT2D eigenvalue weighted by Crippen LogP contribution is -2.42. The molecule has 2 fully saturated rings. The summed E-state index contributed by atoms with van der Waals surface area (Å²) in [5.74, 6) is 0.746. The van der Waals surface area contributed by atoms with Crippen LogP contribution in [0.5, 0.6) is 0 Å². The Kier molecular flexibility index (Phi) is 4.22. The van der Waals surface area contributed by atoms with Crippen LogP contribution >= 0.6 is 0 Å². The highest BCUT2D eigenvalue weighted by atomic mass is 16.2. The second-order valence-electron chi connectivity index (χ2n) is 5.14. The molecule has 0 unspecified atom stereocenters. The van der Waals surface area contributed by atoms with E-state index in [4.69, 9.17) is 0 Å². The molecule has 16 heavy (non-hydrogen) atoms. The molecule has 3 heteroatoms. The zero-order valence-corrected chi connectivity index (χ0v) is 10.4. The Hall–Kier alpha value is -0.570. The molecular formula is C13H24N2O. The van der Waals surface area contributed by atoms with Gasteiger partial charge in [0.2, 0.25) is 5.91 Å². The van der Waals surface area contributed by atoms with Gasteiger partial charge in [-0.3, -0.25) is 4.79 Å². The van der Waals surface area contributed by atoms with E-state index in [1.807, 2.05) is 0 Å². The summed E-state index contributed by atoms with van der Waals surface area (Å²) in [7, 11) is 0. The molecule has 1 saturated heterocycles. The third kappa shape index (κ3) is 2.97. The smallest absolute Gasteiger partial charge is 0.226 e. The van der Waals surface area contributed by atoms with Gasteiger partial charge >= 0.3 is 0 Å². The fraction of sp³-hybridized carbons (Fsp3) is 0.923. The van der Waals surface area contributed by atoms with Gasteiger partial charge < -0.3 is 10.2 Å². The van der Waals surface area contributed by atoms with E-state index in [9.17, 15) is 4.79 Å². The zero-order valence-electron chi connectivity index (χ0n) is 10.4. The summed E-state index contributed by atoms with van der Waals surface area (Å²) in [5.41, 5.74) is 0. The number of rotatable bonds is 5. The molecule has 1 saturated carbocycles. The number of piperidine rings is 1. The van der Waals surface area contributed by atoms with Crippen molar-refractivity contribution in [2.24, 2.45) is 5.92 Å². The predicted molar refractivity (Wildman–Crippen MR) is 65.2 cm³/mol. The van der Waals surface area contributed by atoms with E-state index in [1.165, 1.54) is 19.3 Å². The minimum atomic E-state index is 0.304. The van der Waals surface area contributed by atoms with Gasteiger partial charge in [0, 0.05) is 18.5 Å². The first-order chi connectivity index (χ1) is 7.83. The fourth-order valence-electron chi connectivity index (χ4n) is 2.49. The molecule has 0 bridgehead atoms. The quantitative estimate of drug-likeness (QED) is 0.772. The van der Waals surface area contributed by atoms with Gasteiger partial charge in [-0.2, -0.15) is 0 Å². The van der Waals surface area contributed by atoms with Gasteiger partial charge in [0.25, 0.3) is 0 Å². The van der Waals surface area contributed by atoms with Gasteiger partial charge in [-0.05, 0) is 45.2 Å². The molecule has 0 radical (unpaired) electrons. The Labute approximate surface area is 98.6 Å². The molecule has 0 aromatic rings. The number of nitrogens with zero attached hydrogens (tertiary/aromatic N) is 1. The van der Waals surface area contributed by atoms with Crippen molar-refractivity contribution in [1.82, 2.24) is 10.2 Å². The van der Waals surface area contributed by atoms with Crippen LogP contribution in [0.15, 0.2) is 0 Å². The summed E-state index contributed by atoms with van der Waals surface area (Å²) < 4.78 is 0. The van der Waals surface area contributed by atoms with E-state index in [1.54, 1.807) is 0 Å². The number of hydrogen-bond acceptors (Lipinski definition) is 2. The summed E-state index contributed by atoms with van der Waals surface area (Å²) >= 11 is 0. The standard InChI is InChI=1S/C13H24N2O/c1-2-3-10-15(12-4-5-12)13(16)11-6-8-14-9-7-11/h11-12,14H,2-10H2,1H3. The first-order valence-corrected chi connectivity index (χ1v) is 6.84.